The van der Waals surface area contributed by atoms with Crippen LogP contribution in [0.1, 0.15) is 41.6 Å². The summed E-state index contributed by atoms with van der Waals surface area (Å²) in [7, 11) is 0. The summed E-state index contributed by atoms with van der Waals surface area (Å²) in [6.45, 7) is 2.06. The Bertz CT molecular complexity index is 862. The van der Waals surface area contributed by atoms with Gasteiger partial charge in [-0.2, -0.15) is 0 Å². The molecule has 1 unspecified atom stereocenters. The molecule has 2 aliphatic rings. The van der Waals surface area contributed by atoms with E-state index in [9.17, 15) is 14.0 Å². The van der Waals surface area contributed by atoms with Crippen LogP contribution in [0.3, 0.4) is 0 Å². The van der Waals surface area contributed by atoms with Crippen LogP contribution in [0, 0.1) is 11.7 Å². The molecule has 5 heteroatoms. The van der Waals surface area contributed by atoms with E-state index in [2.05, 4.69) is 0 Å². The van der Waals surface area contributed by atoms with Crippen molar-refractivity contribution in [3.63, 3.8) is 0 Å². The highest BCUT2D eigenvalue weighted by molar-refractivity contribution is 5.97. The first-order valence-electron chi connectivity index (χ1n) is 10.5. The summed E-state index contributed by atoms with van der Waals surface area (Å²) < 4.78 is 13.4. The number of halogens is 1. The maximum Gasteiger partial charge on any atom is 0.254 e. The lowest BCUT2D eigenvalue weighted by Gasteiger charge is -2.35. The van der Waals surface area contributed by atoms with Gasteiger partial charge in [-0.15, -0.1) is 0 Å². The number of carbonyl (C=O) groups excluding carboxylic acids is 2. The predicted octanol–water partition coefficient (Wildman–Crippen LogP) is 3.91. The summed E-state index contributed by atoms with van der Waals surface area (Å²) in [5.41, 5.74) is 1.66. The minimum Gasteiger partial charge on any atom is -0.341 e. The fourth-order valence-corrected chi connectivity index (χ4v) is 4.58. The van der Waals surface area contributed by atoms with Gasteiger partial charge in [-0.1, -0.05) is 30.3 Å². The fourth-order valence-electron chi connectivity index (χ4n) is 4.58. The molecular weight excluding hydrogens is 367 g/mol. The molecule has 4 nitrogen and oxygen atoms in total. The maximum atomic E-state index is 13.4. The van der Waals surface area contributed by atoms with Crippen molar-refractivity contribution in [3.8, 4) is 0 Å². The fraction of sp³-hybridized carbons (Fsp3) is 0.417. The van der Waals surface area contributed by atoms with Crippen LogP contribution in [-0.4, -0.2) is 47.3 Å². The highest BCUT2D eigenvalue weighted by atomic mass is 19.1. The van der Waals surface area contributed by atoms with Gasteiger partial charge in [-0.05, 0) is 67.9 Å². The third-order valence-corrected chi connectivity index (χ3v) is 6.16. The van der Waals surface area contributed by atoms with E-state index in [-0.39, 0.29) is 23.7 Å². The smallest absolute Gasteiger partial charge is 0.254 e. The monoisotopic (exact) mass is 394 g/mol. The topological polar surface area (TPSA) is 40.6 Å². The lowest BCUT2D eigenvalue weighted by Crippen LogP contribution is -2.50. The van der Waals surface area contributed by atoms with Crippen molar-refractivity contribution in [2.45, 2.75) is 38.1 Å². The Morgan fingerprint density at radius 2 is 1.69 bits per heavy atom. The molecule has 2 aromatic rings. The van der Waals surface area contributed by atoms with Crippen LogP contribution in [0.25, 0.3) is 0 Å². The maximum absolute atomic E-state index is 13.4. The third kappa shape index (κ3) is 4.50. The molecule has 0 radical (unpaired) electrons. The van der Waals surface area contributed by atoms with E-state index >= 15 is 0 Å². The molecule has 4 rings (SSSR count). The van der Waals surface area contributed by atoms with E-state index in [4.69, 9.17) is 0 Å². The van der Waals surface area contributed by atoms with Gasteiger partial charge in [-0.3, -0.25) is 9.59 Å². The molecule has 1 atom stereocenters. The summed E-state index contributed by atoms with van der Waals surface area (Å²) in [4.78, 5) is 29.7. The van der Waals surface area contributed by atoms with Gasteiger partial charge in [0.05, 0.1) is 0 Å². The molecule has 152 valence electrons. The lowest BCUT2D eigenvalue weighted by atomic mass is 9.90. The first kappa shape index (κ1) is 19.6. The van der Waals surface area contributed by atoms with Gasteiger partial charge in [0.15, 0.2) is 0 Å². The Hall–Kier alpha value is -2.69. The zero-order chi connectivity index (χ0) is 20.2. The molecule has 2 amide bonds. The van der Waals surface area contributed by atoms with Gasteiger partial charge < -0.3 is 9.80 Å². The van der Waals surface area contributed by atoms with Crippen LogP contribution in [0.5, 0.6) is 0 Å². The zero-order valence-corrected chi connectivity index (χ0v) is 16.6. The standard InChI is InChI=1S/C24H27FN2O2/c25-21-9-4-6-19(17-21)16-18-11-14-26(15-12-18)24(29)22-10-5-13-27(22)23(28)20-7-2-1-3-8-20/h1-4,6-9,17-18,22H,5,10-16H2. The van der Waals surface area contributed by atoms with E-state index < -0.39 is 0 Å². The molecule has 2 aromatic carbocycles. The highest BCUT2D eigenvalue weighted by Crippen LogP contribution is 2.26. The first-order chi connectivity index (χ1) is 14.1. The summed E-state index contributed by atoms with van der Waals surface area (Å²) in [6, 6.07) is 15.6. The molecule has 0 N–H and O–H groups in total. The van der Waals surface area contributed by atoms with Gasteiger partial charge in [0.1, 0.15) is 11.9 Å². The van der Waals surface area contributed by atoms with E-state index in [0.717, 1.165) is 37.7 Å². The molecular formula is C24H27FN2O2. The van der Waals surface area contributed by atoms with Gasteiger partial charge >= 0.3 is 0 Å². The molecule has 0 aliphatic carbocycles. The summed E-state index contributed by atoms with van der Waals surface area (Å²) in [5, 5.41) is 0. The van der Waals surface area contributed by atoms with Crippen molar-refractivity contribution < 1.29 is 14.0 Å². The number of amides is 2. The van der Waals surface area contributed by atoms with Crippen LogP contribution < -0.4 is 0 Å². The average molecular weight is 394 g/mol. The van der Waals surface area contributed by atoms with E-state index in [1.54, 1.807) is 29.2 Å². The van der Waals surface area contributed by atoms with Gasteiger partial charge in [-0.25, -0.2) is 4.39 Å². The van der Waals surface area contributed by atoms with Crippen LogP contribution >= 0.6 is 0 Å². The first-order valence-corrected chi connectivity index (χ1v) is 10.5. The Kier molecular flexibility index (Phi) is 5.93. The second-order valence-corrected chi connectivity index (χ2v) is 8.13. The van der Waals surface area contributed by atoms with E-state index in [1.807, 2.05) is 29.2 Å². The second-order valence-electron chi connectivity index (χ2n) is 8.13. The summed E-state index contributed by atoms with van der Waals surface area (Å²) in [6.07, 6.45) is 4.29. The number of piperidine rings is 1. The van der Waals surface area contributed by atoms with Crippen LogP contribution in [0.15, 0.2) is 54.6 Å². The van der Waals surface area contributed by atoms with E-state index in [0.29, 0.717) is 31.1 Å². The van der Waals surface area contributed by atoms with Crippen molar-refractivity contribution in [1.82, 2.24) is 9.80 Å². The van der Waals surface area contributed by atoms with Gasteiger partial charge in [0, 0.05) is 25.2 Å². The van der Waals surface area contributed by atoms with Crippen molar-refractivity contribution in [3.05, 3.63) is 71.5 Å². The van der Waals surface area contributed by atoms with Crippen LogP contribution in [-0.2, 0) is 11.2 Å². The molecule has 2 saturated heterocycles. The predicted molar refractivity (Wildman–Crippen MR) is 110 cm³/mol. The number of likely N-dealkylation sites (tertiary alicyclic amines) is 2. The average Bonchev–Trinajstić information content (AvgIpc) is 3.24. The lowest BCUT2D eigenvalue weighted by molar-refractivity contribution is -0.136. The second kappa shape index (κ2) is 8.76. The normalized spacial score (nSPS) is 20.1. The SMILES string of the molecule is O=C(C1CCCN1C(=O)c1ccccc1)N1CCC(Cc2cccc(F)c2)CC1. The number of hydrogen-bond acceptors (Lipinski definition) is 2. The summed E-state index contributed by atoms with van der Waals surface area (Å²) in [5.74, 6) is 0.296. The van der Waals surface area contributed by atoms with Gasteiger partial charge in [0.2, 0.25) is 5.91 Å². The minimum absolute atomic E-state index is 0.0533. The highest BCUT2D eigenvalue weighted by Gasteiger charge is 2.37. The van der Waals surface area contributed by atoms with Crippen LogP contribution in [0.4, 0.5) is 4.39 Å². The number of carbonyl (C=O) groups is 2. The molecule has 0 aromatic heterocycles. The largest absolute Gasteiger partial charge is 0.341 e. The number of nitrogens with zero attached hydrogens (tertiary/aromatic N) is 2. The van der Waals surface area contributed by atoms with E-state index in [1.165, 1.54) is 6.07 Å². The Morgan fingerprint density at radius 3 is 2.41 bits per heavy atom. The molecule has 0 bridgehead atoms. The Balaban J connectivity index is 1.34. The zero-order valence-electron chi connectivity index (χ0n) is 16.6. The molecule has 2 fully saturated rings. The Labute approximate surface area is 171 Å². The number of benzene rings is 2. The van der Waals surface area contributed by atoms with Crippen molar-refractivity contribution in [2.75, 3.05) is 19.6 Å². The van der Waals surface area contributed by atoms with Gasteiger partial charge in [0.25, 0.3) is 5.91 Å². The number of hydrogen-bond donors (Lipinski definition) is 0. The molecule has 0 saturated carbocycles. The third-order valence-electron chi connectivity index (χ3n) is 6.16. The molecule has 0 spiro atoms. The summed E-state index contributed by atoms with van der Waals surface area (Å²) >= 11 is 0. The van der Waals surface area contributed by atoms with Crippen molar-refractivity contribution in [2.24, 2.45) is 5.92 Å². The van der Waals surface area contributed by atoms with Crippen molar-refractivity contribution in [1.29, 1.82) is 0 Å². The minimum atomic E-state index is -0.345. The quantitative estimate of drug-likeness (QED) is 0.789. The molecule has 2 heterocycles. The Morgan fingerprint density at radius 1 is 0.931 bits per heavy atom. The molecule has 2 aliphatic heterocycles. The number of rotatable bonds is 4. The van der Waals surface area contributed by atoms with Crippen molar-refractivity contribution >= 4 is 11.8 Å². The van der Waals surface area contributed by atoms with Crippen LogP contribution in [0.2, 0.25) is 0 Å². The molecule has 29 heavy (non-hydrogen) atoms.